The first kappa shape index (κ1) is 19.2. The van der Waals surface area contributed by atoms with Crippen molar-refractivity contribution >= 4 is 39.2 Å². The Kier molecular flexibility index (Phi) is 5.29. The summed E-state index contributed by atoms with van der Waals surface area (Å²) in [6.45, 7) is 2.25. The van der Waals surface area contributed by atoms with E-state index in [1.54, 1.807) is 30.3 Å². The molecule has 0 aliphatic heterocycles. The zero-order valence-electron chi connectivity index (χ0n) is 16.2. The number of aryl methyl sites for hydroxylation is 1. The predicted octanol–water partition coefficient (Wildman–Crippen LogP) is 4.03. The van der Waals surface area contributed by atoms with Crippen LogP contribution in [0.4, 0.5) is 0 Å². The van der Waals surface area contributed by atoms with Crippen molar-refractivity contribution in [3.63, 3.8) is 0 Å². The number of carbonyl (C=O) groups is 1. The summed E-state index contributed by atoms with van der Waals surface area (Å²) in [6, 6.07) is 9.62. The van der Waals surface area contributed by atoms with E-state index in [1.165, 1.54) is 22.2 Å². The fourth-order valence-electron chi connectivity index (χ4n) is 3.62. The molecule has 0 fully saturated rings. The van der Waals surface area contributed by atoms with Gasteiger partial charge in [0.1, 0.15) is 10.1 Å². The van der Waals surface area contributed by atoms with Gasteiger partial charge in [0.15, 0.2) is 5.16 Å². The van der Waals surface area contributed by atoms with Crippen molar-refractivity contribution in [1.29, 1.82) is 0 Å². The number of hydrogen-bond donors (Lipinski definition) is 1. The molecule has 1 aliphatic carbocycles. The topological polar surface area (TPSA) is 66.1 Å². The van der Waals surface area contributed by atoms with Gasteiger partial charge in [0.25, 0.3) is 5.56 Å². The SMILES string of the molecule is C[C@H]1CCc2c(sc3nc(S[C@H](C(=O)N(C)C)c4ccccc4)[nH]c(=O)c23)C1. The summed E-state index contributed by atoms with van der Waals surface area (Å²) in [6.07, 6.45) is 3.08. The maximum absolute atomic E-state index is 12.8. The Bertz CT molecular complexity index is 1070. The van der Waals surface area contributed by atoms with Crippen LogP contribution < -0.4 is 5.56 Å². The van der Waals surface area contributed by atoms with Crippen LogP contribution in [0.3, 0.4) is 0 Å². The second-order valence-corrected chi connectivity index (χ2v) is 9.72. The number of hydrogen-bond acceptors (Lipinski definition) is 5. The van der Waals surface area contributed by atoms with E-state index in [0.29, 0.717) is 11.1 Å². The molecule has 3 aromatic rings. The molecule has 2 aromatic heterocycles. The fourth-order valence-corrected chi connectivity index (χ4v) is 6.18. The number of fused-ring (bicyclic) bond motifs is 3. The van der Waals surface area contributed by atoms with Gasteiger partial charge in [0, 0.05) is 19.0 Å². The summed E-state index contributed by atoms with van der Waals surface area (Å²) in [5.74, 6) is 0.618. The van der Waals surface area contributed by atoms with Gasteiger partial charge in [0.2, 0.25) is 5.91 Å². The van der Waals surface area contributed by atoms with Gasteiger partial charge in [-0.15, -0.1) is 11.3 Å². The van der Waals surface area contributed by atoms with E-state index in [1.807, 2.05) is 30.3 Å². The van der Waals surface area contributed by atoms with E-state index in [4.69, 9.17) is 4.98 Å². The molecule has 1 amide bonds. The molecule has 28 heavy (non-hydrogen) atoms. The number of nitrogens with one attached hydrogen (secondary N) is 1. The Labute approximate surface area is 172 Å². The van der Waals surface area contributed by atoms with Crippen LogP contribution in [0.1, 0.15) is 34.6 Å². The highest BCUT2D eigenvalue weighted by atomic mass is 32.2. The van der Waals surface area contributed by atoms with E-state index in [0.717, 1.165) is 35.0 Å². The molecule has 0 saturated heterocycles. The number of benzene rings is 1. The van der Waals surface area contributed by atoms with E-state index in [9.17, 15) is 9.59 Å². The number of nitrogens with zero attached hydrogens (tertiary/aromatic N) is 2. The molecule has 0 unspecified atom stereocenters. The number of rotatable bonds is 4. The molecule has 2 heterocycles. The van der Waals surface area contributed by atoms with Gasteiger partial charge >= 0.3 is 0 Å². The van der Waals surface area contributed by atoms with Gasteiger partial charge in [-0.1, -0.05) is 49.0 Å². The summed E-state index contributed by atoms with van der Waals surface area (Å²) in [5.41, 5.74) is 1.98. The minimum Gasteiger partial charge on any atom is -0.348 e. The molecular weight excluding hydrogens is 390 g/mol. The maximum atomic E-state index is 12.8. The van der Waals surface area contributed by atoms with Gasteiger partial charge in [-0.25, -0.2) is 4.98 Å². The molecule has 146 valence electrons. The van der Waals surface area contributed by atoms with E-state index in [-0.39, 0.29) is 11.5 Å². The van der Waals surface area contributed by atoms with Gasteiger partial charge in [-0.3, -0.25) is 9.59 Å². The molecule has 0 saturated carbocycles. The third kappa shape index (κ3) is 3.61. The number of thiophene rings is 1. The second kappa shape index (κ2) is 7.72. The summed E-state index contributed by atoms with van der Waals surface area (Å²) in [4.78, 5) is 36.9. The molecule has 5 nitrogen and oxygen atoms in total. The third-order valence-electron chi connectivity index (χ3n) is 5.14. The van der Waals surface area contributed by atoms with Crippen LogP contribution in [0.2, 0.25) is 0 Å². The molecule has 0 spiro atoms. The van der Waals surface area contributed by atoms with Gasteiger partial charge in [-0.05, 0) is 36.3 Å². The number of H-pyrrole nitrogens is 1. The third-order valence-corrected chi connectivity index (χ3v) is 7.41. The van der Waals surface area contributed by atoms with E-state index >= 15 is 0 Å². The Morgan fingerprint density at radius 2 is 2.07 bits per heavy atom. The quantitative estimate of drug-likeness (QED) is 0.518. The summed E-state index contributed by atoms with van der Waals surface area (Å²) in [7, 11) is 3.49. The lowest BCUT2D eigenvalue weighted by atomic mass is 9.89. The molecule has 1 aromatic carbocycles. The van der Waals surface area contributed by atoms with E-state index in [2.05, 4.69) is 11.9 Å². The van der Waals surface area contributed by atoms with Crippen LogP contribution in [0.5, 0.6) is 0 Å². The minimum atomic E-state index is -0.452. The first-order valence-corrected chi connectivity index (χ1v) is 11.1. The first-order valence-electron chi connectivity index (χ1n) is 9.41. The Morgan fingerprint density at radius 1 is 1.32 bits per heavy atom. The van der Waals surface area contributed by atoms with Gasteiger partial charge in [-0.2, -0.15) is 0 Å². The molecule has 7 heteroatoms. The minimum absolute atomic E-state index is 0.0294. The van der Waals surface area contributed by atoms with Crippen LogP contribution in [-0.2, 0) is 17.6 Å². The van der Waals surface area contributed by atoms with Crippen molar-refractivity contribution in [2.45, 2.75) is 36.6 Å². The summed E-state index contributed by atoms with van der Waals surface area (Å²) < 4.78 is 0. The molecule has 1 aliphatic rings. The van der Waals surface area contributed by atoms with Crippen LogP contribution in [-0.4, -0.2) is 34.9 Å². The number of aromatic amines is 1. The van der Waals surface area contributed by atoms with Crippen molar-refractivity contribution in [2.75, 3.05) is 14.1 Å². The normalized spacial score (nSPS) is 17.3. The smallest absolute Gasteiger partial charge is 0.260 e. The highest BCUT2D eigenvalue weighted by Gasteiger charge is 2.27. The lowest BCUT2D eigenvalue weighted by Crippen LogP contribution is -2.27. The largest absolute Gasteiger partial charge is 0.348 e. The Morgan fingerprint density at radius 3 is 2.79 bits per heavy atom. The standard InChI is InChI=1S/C21H23N3O2S2/c1-12-9-10-14-15(11-12)27-19-16(14)18(25)22-21(23-19)28-17(20(26)24(2)3)13-7-5-4-6-8-13/h4-8,12,17H,9-11H2,1-3H3,(H,22,23,25)/t12-,17-/m0/s1. The van der Waals surface area contributed by atoms with Crippen molar-refractivity contribution in [3.05, 3.63) is 56.7 Å². The average Bonchev–Trinajstić information content (AvgIpc) is 3.03. The maximum Gasteiger partial charge on any atom is 0.260 e. The number of likely N-dealkylation sites (N-methyl/N-ethyl adjacent to an activating group) is 1. The molecule has 4 rings (SSSR count). The van der Waals surface area contributed by atoms with Crippen molar-refractivity contribution in [2.24, 2.45) is 5.92 Å². The number of carbonyl (C=O) groups excluding carboxylic acids is 1. The van der Waals surface area contributed by atoms with Crippen LogP contribution >= 0.6 is 23.1 Å². The molecule has 0 bridgehead atoms. The number of aromatic nitrogens is 2. The molecule has 1 N–H and O–H groups in total. The zero-order valence-corrected chi connectivity index (χ0v) is 17.8. The predicted molar refractivity (Wildman–Crippen MR) is 115 cm³/mol. The van der Waals surface area contributed by atoms with Crippen molar-refractivity contribution in [1.82, 2.24) is 14.9 Å². The van der Waals surface area contributed by atoms with Gasteiger partial charge in [0.05, 0.1) is 5.39 Å². The van der Waals surface area contributed by atoms with Gasteiger partial charge < -0.3 is 9.88 Å². The number of amides is 1. The molecule has 2 atom stereocenters. The van der Waals surface area contributed by atoms with Crippen molar-refractivity contribution < 1.29 is 4.79 Å². The lowest BCUT2D eigenvalue weighted by molar-refractivity contribution is -0.128. The average molecular weight is 414 g/mol. The van der Waals surface area contributed by atoms with Crippen LogP contribution in [0, 0.1) is 5.92 Å². The summed E-state index contributed by atoms with van der Waals surface area (Å²) in [5, 5.41) is 0.783. The lowest BCUT2D eigenvalue weighted by Gasteiger charge is -2.20. The van der Waals surface area contributed by atoms with E-state index < -0.39 is 5.25 Å². The zero-order chi connectivity index (χ0) is 19.8. The van der Waals surface area contributed by atoms with Crippen LogP contribution in [0.15, 0.2) is 40.3 Å². The fraction of sp³-hybridized carbons (Fsp3) is 0.381. The second-order valence-electron chi connectivity index (χ2n) is 7.54. The Hall–Kier alpha value is -2.12. The Balaban J connectivity index is 1.74. The highest BCUT2D eigenvalue weighted by Crippen LogP contribution is 2.38. The first-order chi connectivity index (χ1) is 13.4. The van der Waals surface area contributed by atoms with Crippen molar-refractivity contribution in [3.8, 4) is 0 Å². The monoisotopic (exact) mass is 413 g/mol. The summed E-state index contributed by atoms with van der Waals surface area (Å²) >= 11 is 2.93. The molecular formula is C21H23N3O2S2. The highest BCUT2D eigenvalue weighted by molar-refractivity contribution is 8.00. The number of thioether (sulfide) groups is 1. The molecule has 0 radical (unpaired) electrons. The van der Waals surface area contributed by atoms with Crippen LogP contribution in [0.25, 0.3) is 10.2 Å².